The van der Waals surface area contributed by atoms with E-state index in [9.17, 15) is 8.42 Å². The van der Waals surface area contributed by atoms with E-state index >= 15 is 0 Å². The van der Waals surface area contributed by atoms with Gasteiger partial charge in [-0.05, 0) is 19.4 Å². The van der Waals surface area contributed by atoms with E-state index in [2.05, 4.69) is 22.2 Å². The molecule has 1 unspecified atom stereocenters. The zero-order valence-corrected chi connectivity index (χ0v) is 18.1. The molecule has 142 valence electrons. The molecule has 1 rings (SSSR count). The molecule has 0 fully saturated rings. The maximum atomic E-state index is 11.2. The minimum atomic E-state index is -2.96. The minimum Gasteiger partial charge on any atom is -0.489 e. The highest BCUT2D eigenvalue weighted by molar-refractivity contribution is 14.0. The number of nitrogens with zero attached hydrogens (tertiary/aromatic N) is 1. The van der Waals surface area contributed by atoms with Crippen molar-refractivity contribution in [3.8, 4) is 5.75 Å². The van der Waals surface area contributed by atoms with Gasteiger partial charge in [-0.2, -0.15) is 0 Å². The fourth-order valence-corrected chi connectivity index (χ4v) is 2.79. The second kappa shape index (κ2) is 12.1. The normalized spacial score (nSPS) is 12.7. The van der Waals surface area contributed by atoms with Crippen LogP contribution in [0.25, 0.3) is 0 Å². The summed E-state index contributed by atoms with van der Waals surface area (Å²) in [6.45, 7) is 6.58. The van der Waals surface area contributed by atoms with Gasteiger partial charge in [-0.3, -0.25) is 4.99 Å². The Morgan fingerprint density at radius 1 is 1.40 bits per heavy atom. The number of sulfone groups is 1. The summed E-state index contributed by atoms with van der Waals surface area (Å²) < 4.78 is 28.1. The Bertz CT molecular complexity index is 663. The van der Waals surface area contributed by atoms with Gasteiger partial charge in [-0.25, -0.2) is 8.42 Å². The zero-order chi connectivity index (χ0) is 18.0. The first kappa shape index (κ1) is 23.7. The molecule has 1 atom stereocenters. The molecule has 0 bridgehead atoms. The lowest BCUT2D eigenvalue weighted by Gasteiger charge is -2.18. The van der Waals surface area contributed by atoms with Gasteiger partial charge in [0.15, 0.2) is 5.96 Å². The van der Waals surface area contributed by atoms with E-state index in [0.29, 0.717) is 25.5 Å². The lowest BCUT2D eigenvalue weighted by molar-refractivity contribution is 0.358. The average Bonchev–Trinajstić information content (AvgIpc) is 2.55. The molecule has 0 saturated heterocycles. The lowest BCUT2D eigenvalue weighted by atomic mass is 10.2. The Balaban J connectivity index is 0.00000576. The molecule has 1 aromatic rings. The van der Waals surface area contributed by atoms with Gasteiger partial charge >= 0.3 is 0 Å². The predicted octanol–water partition coefficient (Wildman–Crippen LogP) is 2.36. The number of hydrogen-bond donors (Lipinski definition) is 2. The SMILES string of the molecule is C=CCOc1ccccc1CNC(=NC)NC(C)CCS(C)(=O)=O.I. The second-order valence-electron chi connectivity index (χ2n) is 5.60. The third-order valence-electron chi connectivity index (χ3n) is 3.30. The summed E-state index contributed by atoms with van der Waals surface area (Å²) in [5.41, 5.74) is 1.01. The summed E-state index contributed by atoms with van der Waals surface area (Å²) in [5.74, 6) is 1.57. The average molecular weight is 481 g/mol. The first-order chi connectivity index (χ1) is 11.4. The van der Waals surface area contributed by atoms with Gasteiger partial charge in [0.2, 0.25) is 0 Å². The quantitative estimate of drug-likeness (QED) is 0.245. The molecule has 0 aromatic heterocycles. The van der Waals surface area contributed by atoms with Gasteiger partial charge in [-0.1, -0.05) is 30.9 Å². The van der Waals surface area contributed by atoms with Crippen LogP contribution >= 0.6 is 24.0 Å². The molecule has 0 spiro atoms. The number of ether oxygens (including phenoxy) is 1. The Kier molecular flexibility index (Phi) is 11.5. The third kappa shape index (κ3) is 10.3. The summed E-state index contributed by atoms with van der Waals surface area (Å²) in [6, 6.07) is 7.75. The smallest absolute Gasteiger partial charge is 0.191 e. The highest BCUT2D eigenvalue weighted by Gasteiger charge is 2.10. The Morgan fingerprint density at radius 2 is 2.08 bits per heavy atom. The zero-order valence-electron chi connectivity index (χ0n) is 15.0. The highest BCUT2D eigenvalue weighted by Crippen LogP contribution is 2.17. The van der Waals surface area contributed by atoms with Crippen molar-refractivity contribution in [3.05, 3.63) is 42.5 Å². The molecule has 25 heavy (non-hydrogen) atoms. The van der Waals surface area contributed by atoms with Crippen LogP contribution < -0.4 is 15.4 Å². The van der Waals surface area contributed by atoms with Gasteiger partial charge in [0, 0.05) is 31.5 Å². The van der Waals surface area contributed by atoms with Gasteiger partial charge in [0.25, 0.3) is 0 Å². The summed E-state index contributed by atoms with van der Waals surface area (Å²) >= 11 is 0. The molecular formula is C17H28IN3O3S. The molecule has 0 aliphatic heterocycles. The van der Waals surface area contributed by atoms with Crippen molar-refractivity contribution in [2.75, 3.05) is 25.7 Å². The van der Waals surface area contributed by atoms with Crippen LogP contribution in [0, 0.1) is 0 Å². The molecule has 8 heteroatoms. The van der Waals surface area contributed by atoms with Crippen LogP contribution in [-0.2, 0) is 16.4 Å². The van der Waals surface area contributed by atoms with Gasteiger partial charge in [0.05, 0.1) is 5.75 Å². The monoisotopic (exact) mass is 481 g/mol. The van der Waals surface area contributed by atoms with E-state index in [1.54, 1.807) is 13.1 Å². The number of halogens is 1. The first-order valence-electron chi connectivity index (χ1n) is 7.82. The maximum absolute atomic E-state index is 11.2. The van der Waals surface area contributed by atoms with Gasteiger partial charge in [0.1, 0.15) is 22.2 Å². The predicted molar refractivity (Wildman–Crippen MR) is 115 cm³/mol. The molecule has 0 amide bonds. The van der Waals surface area contributed by atoms with E-state index < -0.39 is 9.84 Å². The van der Waals surface area contributed by atoms with E-state index in [-0.39, 0.29) is 35.8 Å². The second-order valence-corrected chi connectivity index (χ2v) is 7.86. The Labute approximate surface area is 168 Å². The topological polar surface area (TPSA) is 79.8 Å². The Morgan fingerprint density at radius 3 is 2.68 bits per heavy atom. The van der Waals surface area contributed by atoms with Crippen molar-refractivity contribution < 1.29 is 13.2 Å². The lowest BCUT2D eigenvalue weighted by Crippen LogP contribution is -2.42. The summed E-state index contributed by atoms with van der Waals surface area (Å²) in [7, 11) is -1.28. The van der Waals surface area contributed by atoms with Crippen LogP contribution in [0.5, 0.6) is 5.75 Å². The van der Waals surface area contributed by atoms with E-state index in [0.717, 1.165) is 11.3 Å². The summed E-state index contributed by atoms with van der Waals surface area (Å²) in [4.78, 5) is 4.17. The fraction of sp³-hybridized carbons (Fsp3) is 0.471. The molecular weight excluding hydrogens is 453 g/mol. The Hall–Kier alpha value is -1.29. The summed E-state index contributed by atoms with van der Waals surface area (Å²) in [6.07, 6.45) is 3.47. The van der Waals surface area contributed by atoms with E-state index in [4.69, 9.17) is 4.74 Å². The van der Waals surface area contributed by atoms with Crippen molar-refractivity contribution in [1.29, 1.82) is 0 Å². The van der Waals surface area contributed by atoms with Crippen LogP contribution in [0.15, 0.2) is 41.9 Å². The first-order valence-corrected chi connectivity index (χ1v) is 9.88. The van der Waals surface area contributed by atoms with Crippen LogP contribution in [-0.4, -0.2) is 46.1 Å². The highest BCUT2D eigenvalue weighted by atomic mass is 127. The van der Waals surface area contributed by atoms with Crippen LogP contribution in [0.4, 0.5) is 0 Å². The molecule has 0 saturated carbocycles. The standard InChI is InChI=1S/C17H27N3O3S.HI/c1-5-11-23-16-9-7-6-8-15(16)13-19-17(18-3)20-14(2)10-12-24(4,21)22;/h5-9,14H,1,10-13H2,2-4H3,(H2,18,19,20);1H. The van der Waals surface area contributed by atoms with Crippen molar-refractivity contribution >= 4 is 39.8 Å². The molecule has 6 nitrogen and oxygen atoms in total. The molecule has 0 aliphatic carbocycles. The molecule has 0 radical (unpaired) electrons. The number of benzene rings is 1. The molecule has 2 N–H and O–H groups in total. The minimum absolute atomic E-state index is 0. The van der Waals surface area contributed by atoms with Crippen molar-refractivity contribution in [1.82, 2.24) is 10.6 Å². The van der Waals surface area contributed by atoms with Crippen LogP contribution in [0.2, 0.25) is 0 Å². The number of guanidine groups is 1. The molecule has 0 heterocycles. The summed E-state index contributed by atoms with van der Waals surface area (Å²) in [5, 5.41) is 6.40. The van der Waals surface area contributed by atoms with Crippen molar-refractivity contribution in [3.63, 3.8) is 0 Å². The van der Waals surface area contributed by atoms with Crippen molar-refractivity contribution in [2.45, 2.75) is 25.9 Å². The number of rotatable bonds is 9. The number of nitrogens with one attached hydrogen (secondary N) is 2. The van der Waals surface area contributed by atoms with E-state index in [1.807, 2.05) is 31.2 Å². The molecule has 1 aromatic carbocycles. The van der Waals surface area contributed by atoms with E-state index in [1.165, 1.54) is 6.26 Å². The third-order valence-corrected chi connectivity index (χ3v) is 4.28. The maximum Gasteiger partial charge on any atom is 0.191 e. The van der Waals surface area contributed by atoms with Crippen molar-refractivity contribution in [2.24, 2.45) is 4.99 Å². The number of hydrogen-bond acceptors (Lipinski definition) is 4. The fourth-order valence-electron chi connectivity index (χ4n) is 2.01. The molecule has 0 aliphatic rings. The van der Waals surface area contributed by atoms with Gasteiger partial charge in [-0.15, -0.1) is 24.0 Å². The van der Waals surface area contributed by atoms with Crippen LogP contribution in [0.3, 0.4) is 0 Å². The number of aliphatic imine (C=N–C) groups is 1. The number of para-hydroxylation sites is 1. The largest absolute Gasteiger partial charge is 0.489 e. The van der Waals surface area contributed by atoms with Crippen LogP contribution in [0.1, 0.15) is 18.9 Å². The van der Waals surface area contributed by atoms with Gasteiger partial charge < -0.3 is 15.4 Å².